The van der Waals surface area contributed by atoms with Crippen molar-refractivity contribution in [3.63, 3.8) is 0 Å². The van der Waals surface area contributed by atoms with Gasteiger partial charge in [-0.2, -0.15) is 0 Å². The molecule has 2 aromatic carbocycles. The van der Waals surface area contributed by atoms with Crippen LogP contribution in [-0.2, 0) is 6.42 Å². The number of benzene rings is 2. The fraction of sp³-hybridized carbons (Fsp3) is 0.250. The van der Waals surface area contributed by atoms with E-state index in [2.05, 4.69) is 15.3 Å². The van der Waals surface area contributed by atoms with Crippen LogP contribution in [0.25, 0.3) is 0 Å². The second kappa shape index (κ2) is 10.8. The standard InChI is InChI=1S/C24H24ClN5O3/c25-20-6-1-4-18(16-20)8-15-33-21-7-2-5-19(17-21)22(31)29-11-13-30(14-12-29)24(32)28-23-26-9-3-10-27-23/h1-7,9-10,16-17H,8,11-15H2,(H,26,27,28,32). The van der Waals surface area contributed by atoms with Crippen molar-refractivity contribution >= 4 is 29.5 Å². The predicted molar refractivity (Wildman–Crippen MR) is 126 cm³/mol. The zero-order valence-electron chi connectivity index (χ0n) is 18.0. The number of anilines is 1. The van der Waals surface area contributed by atoms with Gasteiger partial charge in [-0.25, -0.2) is 14.8 Å². The molecule has 0 saturated carbocycles. The Bertz CT molecular complexity index is 1100. The first-order chi connectivity index (χ1) is 16.1. The maximum Gasteiger partial charge on any atom is 0.324 e. The van der Waals surface area contributed by atoms with E-state index in [1.54, 1.807) is 40.4 Å². The summed E-state index contributed by atoms with van der Waals surface area (Å²) >= 11 is 6.02. The minimum Gasteiger partial charge on any atom is -0.493 e. The van der Waals surface area contributed by atoms with Crippen molar-refractivity contribution < 1.29 is 14.3 Å². The van der Waals surface area contributed by atoms with E-state index in [9.17, 15) is 9.59 Å². The molecular weight excluding hydrogens is 442 g/mol. The summed E-state index contributed by atoms with van der Waals surface area (Å²) in [4.78, 5) is 36.7. The number of rotatable bonds is 6. The quantitative estimate of drug-likeness (QED) is 0.599. The number of hydrogen-bond acceptors (Lipinski definition) is 5. The number of carbonyl (C=O) groups excluding carboxylic acids is 2. The fourth-order valence-corrected chi connectivity index (χ4v) is 3.74. The van der Waals surface area contributed by atoms with Crippen LogP contribution in [0.2, 0.25) is 5.02 Å². The van der Waals surface area contributed by atoms with E-state index in [-0.39, 0.29) is 17.9 Å². The molecule has 1 aromatic heterocycles. The molecule has 170 valence electrons. The maximum absolute atomic E-state index is 13.0. The van der Waals surface area contributed by atoms with Crippen molar-refractivity contribution in [3.8, 4) is 5.75 Å². The summed E-state index contributed by atoms with van der Waals surface area (Å²) in [7, 11) is 0. The number of piperazine rings is 1. The highest BCUT2D eigenvalue weighted by atomic mass is 35.5. The number of amides is 3. The Labute approximate surface area is 197 Å². The van der Waals surface area contributed by atoms with Crippen LogP contribution in [0.1, 0.15) is 15.9 Å². The maximum atomic E-state index is 13.0. The molecule has 3 aromatic rings. The minimum absolute atomic E-state index is 0.0817. The Morgan fingerprint density at radius 2 is 1.67 bits per heavy atom. The number of halogens is 1. The Morgan fingerprint density at radius 3 is 2.42 bits per heavy atom. The zero-order valence-corrected chi connectivity index (χ0v) is 18.7. The summed E-state index contributed by atoms with van der Waals surface area (Å²) in [6, 6.07) is 16.3. The summed E-state index contributed by atoms with van der Waals surface area (Å²) in [5.41, 5.74) is 1.65. The Morgan fingerprint density at radius 1 is 0.939 bits per heavy atom. The van der Waals surface area contributed by atoms with Crippen molar-refractivity contribution in [1.82, 2.24) is 19.8 Å². The van der Waals surface area contributed by atoms with Crippen molar-refractivity contribution in [1.29, 1.82) is 0 Å². The molecule has 9 heteroatoms. The lowest BCUT2D eigenvalue weighted by Gasteiger charge is -2.34. The molecular formula is C24H24ClN5O3. The van der Waals surface area contributed by atoms with Gasteiger partial charge in [-0.05, 0) is 42.0 Å². The first kappa shape index (κ1) is 22.5. The third kappa shape index (κ3) is 6.20. The Kier molecular flexibility index (Phi) is 7.36. The molecule has 3 amide bonds. The minimum atomic E-state index is -0.275. The average Bonchev–Trinajstić information content (AvgIpc) is 2.84. The number of nitrogens with zero attached hydrogens (tertiary/aromatic N) is 4. The molecule has 1 saturated heterocycles. The summed E-state index contributed by atoms with van der Waals surface area (Å²) in [6.45, 7) is 2.24. The van der Waals surface area contributed by atoms with Crippen LogP contribution in [0.15, 0.2) is 67.0 Å². The third-order valence-corrected chi connectivity index (χ3v) is 5.50. The lowest BCUT2D eigenvalue weighted by atomic mass is 10.1. The molecule has 0 bridgehead atoms. The van der Waals surface area contributed by atoms with Gasteiger partial charge in [0.2, 0.25) is 5.95 Å². The largest absolute Gasteiger partial charge is 0.493 e. The van der Waals surface area contributed by atoms with Gasteiger partial charge in [0, 0.05) is 55.6 Å². The molecule has 0 unspecified atom stereocenters. The summed E-state index contributed by atoms with van der Waals surface area (Å²) in [6.07, 6.45) is 3.85. The molecule has 0 aliphatic carbocycles. The number of aromatic nitrogens is 2. The molecule has 0 spiro atoms. The van der Waals surface area contributed by atoms with Gasteiger partial charge >= 0.3 is 6.03 Å². The second-order valence-electron chi connectivity index (χ2n) is 7.54. The first-order valence-corrected chi connectivity index (χ1v) is 11.1. The van der Waals surface area contributed by atoms with Crippen molar-refractivity contribution in [2.75, 3.05) is 38.1 Å². The number of hydrogen-bond donors (Lipinski definition) is 1. The van der Waals surface area contributed by atoms with Crippen LogP contribution in [0.3, 0.4) is 0 Å². The van der Waals surface area contributed by atoms with E-state index in [1.807, 2.05) is 36.4 Å². The van der Waals surface area contributed by atoms with Crippen LogP contribution in [0, 0.1) is 0 Å². The molecule has 0 atom stereocenters. The highest BCUT2D eigenvalue weighted by molar-refractivity contribution is 6.30. The lowest BCUT2D eigenvalue weighted by Crippen LogP contribution is -2.51. The first-order valence-electron chi connectivity index (χ1n) is 10.7. The molecule has 4 rings (SSSR count). The van der Waals surface area contributed by atoms with E-state index in [0.717, 1.165) is 12.0 Å². The van der Waals surface area contributed by atoms with Gasteiger partial charge in [0.25, 0.3) is 5.91 Å². The summed E-state index contributed by atoms with van der Waals surface area (Å²) in [5, 5.41) is 3.37. The number of urea groups is 1. The van der Waals surface area contributed by atoms with Crippen LogP contribution < -0.4 is 10.1 Å². The Balaban J connectivity index is 1.27. The molecule has 2 heterocycles. The van der Waals surface area contributed by atoms with E-state index in [1.165, 1.54) is 0 Å². The molecule has 0 radical (unpaired) electrons. The van der Waals surface area contributed by atoms with Crippen LogP contribution in [0.5, 0.6) is 5.75 Å². The van der Waals surface area contributed by atoms with E-state index < -0.39 is 0 Å². The van der Waals surface area contributed by atoms with Gasteiger partial charge in [0.05, 0.1) is 6.61 Å². The third-order valence-electron chi connectivity index (χ3n) is 5.27. The van der Waals surface area contributed by atoms with Gasteiger partial charge in [0.1, 0.15) is 5.75 Å². The summed E-state index contributed by atoms with van der Waals surface area (Å²) in [5.74, 6) is 0.818. The van der Waals surface area contributed by atoms with E-state index in [4.69, 9.17) is 16.3 Å². The van der Waals surface area contributed by atoms with Crippen molar-refractivity contribution in [2.24, 2.45) is 0 Å². The van der Waals surface area contributed by atoms with Crippen molar-refractivity contribution in [2.45, 2.75) is 6.42 Å². The smallest absolute Gasteiger partial charge is 0.324 e. The van der Waals surface area contributed by atoms with E-state index >= 15 is 0 Å². The predicted octanol–water partition coefficient (Wildman–Crippen LogP) is 3.74. The fourth-order valence-electron chi connectivity index (χ4n) is 3.53. The lowest BCUT2D eigenvalue weighted by molar-refractivity contribution is 0.0671. The van der Waals surface area contributed by atoms with Gasteiger partial charge < -0.3 is 14.5 Å². The zero-order chi connectivity index (χ0) is 23.0. The molecule has 1 aliphatic rings. The van der Waals surface area contributed by atoms with Gasteiger partial charge in [0.15, 0.2) is 0 Å². The number of ether oxygens (including phenoxy) is 1. The second-order valence-corrected chi connectivity index (χ2v) is 7.97. The molecule has 1 aliphatic heterocycles. The van der Waals surface area contributed by atoms with Gasteiger partial charge in [-0.1, -0.05) is 29.8 Å². The van der Waals surface area contributed by atoms with Gasteiger partial charge in [-0.15, -0.1) is 0 Å². The topological polar surface area (TPSA) is 87.7 Å². The number of carbonyl (C=O) groups is 2. The van der Waals surface area contributed by atoms with Crippen LogP contribution >= 0.6 is 11.6 Å². The monoisotopic (exact) mass is 465 g/mol. The SMILES string of the molecule is O=C(Nc1ncccn1)N1CCN(C(=O)c2cccc(OCCc3cccc(Cl)c3)c2)CC1. The number of nitrogens with one attached hydrogen (secondary N) is 1. The Hall–Kier alpha value is -3.65. The molecule has 1 N–H and O–H groups in total. The molecule has 8 nitrogen and oxygen atoms in total. The normalized spacial score (nSPS) is 13.5. The molecule has 1 fully saturated rings. The van der Waals surface area contributed by atoms with Crippen LogP contribution in [-0.4, -0.2) is 64.5 Å². The summed E-state index contributed by atoms with van der Waals surface area (Å²) < 4.78 is 5.85. The van der Waals surface area contributed by atoms with Gasteiger partial charge in [-0.3, -0.25) is 10.1 Å². The average molecular weight is 466 g/mol. The van der Waals surface area contributed by atoms with Crippen LogP contribution in [0.4, 0.5) is 10.7 Å². The van der Waals surface area contributed by atoms with Crippen molar-refractivity contribution in [3.05, 3.63) is 83.1 Å². The highest BCUT2D eigenvalue weighted by Gasteiger charge is 2.25. The highest BCUT2D eigenvalue weighted by Crippen LogP contribution is 2.17. The van der Waals surface area contributed by atoms with E-state index in [0.29, 0.717) is 49.1 Å². The molecule has 33 heavy (non-hydrogen) atoms.